The molecule has 1 unspecified atom stereocenters. The van der Waals surface area contributed by atoms with Gasteiger partial charge in [-0.3, -0.25) is 15.0 Å². The maximum absolute atomic E-state index is 11.6. The highest BCUT2D eigenvalue weighted by Crippen LogP contribution is 2.37. The number of nitrogens with zero attached hydrogens (tertiary/aromatic N) is 5. The molecule has 0 aliphatic rings. The van der Waals surface area contributed by atoms with Crippen LogP contribution >= 0.6 is 0 Å². The average Bonchev–Trinajstić information content (AvgIpc) is 3.52. The summed E-state index contributed by atoms with van der Waals surface area (Å²) in [5.41, 5.74) is 3.63. The number of aliphatic hydroxyl groups is 1. The van der Waals surface area contributed by atoms with Gasteiger partial charge in [0.25, 0.3) is 8.32 Å². The standard InChI is InChI=1S/C39H45N7O4Si/c1-5-13-29(21-23-50-51(39(2,3)4,30-14-8-6-9-15-30)31-16-10-7-11-17-31)42-36-35-33(43-37(44-36)45-38(48)49)24-41-46(35)25-27-19-20-28(26-47)32-18-12-22-40-34(27)32/h6-12,14-20,22,24,29,47H,5,13,21,23,25-26H2,1-4H3,(H,48,49)(H2,42,43,44,45). The zero-order valence-electron chi connectivity index (χ0n) is 29.5. The van der Waals surface area contributed by atoms with Crippen LogP contribution in [0.4, 0.5) is 16.6 Å². The third-order valence-electron chi connectivity index (χ3n) is 9.32. The maximum atomic E-state index is 11.6. The lowest BCUT2D eigenvalue weighted by Gasteiger charge is -2.43. The molecule has 6 rings (SSSR count). The van der Waals surface area contributed by atoms with Crippen LogP contribution in [0.15, 0.2) is 97.3 Å². The zero-order chi connectivity index (χ0) is 36.0. The van der Waals surface area contributed by atoms with E-state index in [1.165, 1.54) is 10.4 Å². The van der Waals surface area contributed by atoms with E-state index in [1.807, 2.05) is 41.1 Å². The Bertz CT molecular complexity index is 2060. The van der Waals surface area contributed by atoms with E-state index >= 15 is 0 Å². The van der Waals surface area contributed by atoms with Gasteiger partial charge < -0.3 is 20.0 Å². The number of aliphatic hydroxyl groups excluding tert-OH is 1. The minimum atomic E-state index is -2.74. The van der Waals surface area contributed by atoms with Crippen LogP contribution in [0.2, 0.25) is 5.04 Å². The third kappa shape index (κ3) is 7.48. The first kappa shape index (κ1) is 35.6. The predicted octanol–water partition coefficient (Wildman–Crippen LogP) is 6.55. The van der Waals surface area contributed by atoms with Crippen LogP contribution in [-0.2, 0) is 17.6 Å². The van der Waals surface area contributed by atoms with Gasteiger partial charge in [-0.05, 0) is 45.4 Å². The van der Waals surface area contributed by atoms with Crippen molar-refractivity contribution in [2.45, 2.75) is 71.2 Å². The zero-order valence-corrected chi connectivity index (χ0v) is 30.5. The van der Waals surface area contributed by atoms with E-state index in [4.69, 9.17) is 4.43 Å². The van der Waals surface area contributed by atoms with E-state index < -0.39 is 14.4 Å². The summed E-state index contributed by atoms with van der Waals surface area (Å²) in [6.45, 7) is 9.73. The van der Waals surface area contributed by atoms with Gasteiger partial charge >= 0.3 is 6.09 Å². The number of hydrogen-bond donors (Lipinski definition) is 4. The fourth-order valence-corrected chi connectivity index (χ4v) is 11.6. The van der Waals surface area contributed by atoms with Gasteiger partial charge in [-0.25, -0.2) is 9.78 Å². The van der Waals surface area contributed by atoms with E-state index in [1.54, 1.807) is 12.4 Å². The van der Waals surface area contributed by atoms with Crippen molar-refractivity contribution in [3.05, 3.63) is 108 Å². The van der Waals surface area contributed by atoms with Crippen LogP contribution in [0.5, 0.6) is 0 Å². The number of carbonyl (C=O) groups is 1. The Kier molecular flexibility index (Phi) is 10.7. The van der Waals surface area contributed by atoms with Gasteiger partial charge in [-0.1, -0.05) is 113 Å². The molecule has 6 aromatic rings. The summed E-state index contributed by atoms with van der Waals surface area (Å²) in [6.07, 6.45) is 4.54. The summed E-state index contributed by atoms with van der Waals surface area (Å²) in [4.78, 5) is 25.4. The van der Waals surface area contributed by atoms with Crippen LogP contribution in [0.25, 0.3) is 21.9 Å². The summed E-state index contributed by atoms with van der Waals surface area (Å²) in [6, 6.07) is 28.8. The second kappa shape index (κ2) is 15.4. The summed E-state index contributed by atoms with van der Waals surface area (Å²) in [7, 11) is -2.74. The molecule has 3 aromatic carbocycles. The largest absolute Gasteiger partial charge is 0.465 e. The molecule has 0 saturated carbocycles. The van der Waals surface area contributed by atoms with E-state index in [0.717, 1.165) is 34.9 Å². The van der Waals surface area contributed by atoms with Crippen LogP contribution in [0, 0.1) is 0 Å². The van der Waals surface area contributed by atoms with Crippen molar-refractivity contribution in [1.82, 2.24) is 24.7 Å². The van der Waals surface area contributed by atoms with Crippen molar-refractivity contribution in [3.8, 4) is 0 Å². The molecule has 3 aromatic heterocycles. The van der Waals surface area contributed by atoms with Gasteiger partial charge in [0, 0.05) is 24.2 Å². The van der Waals surface area contributed by atoms with E-state index in [9.17, 15) is 15.0 Å². The van der Waals surface area contributed by atoms with Crippen molar-refractivity contribution in [1.29, 1.82) is 0 Å². The minimum Gasteiger partial charge on any atom is -0.465 e. The normalized spacial score (nSPS) is 12.6. The van der Waals surface area contributed by atoms with Gasteiger partial charge in [0.05, 0.1) is 24.9 Å². The predicted molar refractivity (Wildman–Crippen MR) is 204 cm³/mol. The van der Waals surface area contributed by atoms with Crippen molar-refractivity contribution in [2.24, 2.45) is 0 Å². The topological polar surface area (TPSA) is 147 Å². The molecule has 11 nitrogen and oxygen atoms in total. The highest BCUT2D eigenvalue weighted by atomic mass is 28.4. The molecule has 0 saturated heterocycles. The lowest BCUT2D eigenvalue weighted by atomic mass is 10.0. The Hall–Kier alpha value is -5.17. The maximum Gasteiger partial charge on any atom is 0.411 e. The molecule has 1 atom stereocenters. The molecule has 51 heavy (non-hydrogen) atoms. The third-order valence-corrected chi connectivity index (χ3v) is 14.4. The van der Waals surface area contributed by atoms with Crippen LogP contribution < -0.4 is 21.0 Å². The summed E-state index contributed by atoms with van der Waals surface area (Å²) in [5, 5.41) is 33.2. The number of rotatable bonds is 14. The van der Waals surface area contributed by atoms with Gasteiger partial charge in [-0.2, -0.15) is 10.1 Å². The molecule has 12 heteroatoms. The molecule has 0 spiro atoms. The van der Waals surface area contributed by atoms with Crippen LogP contribution in [0.1, 0.15) is 58.1 Å². The molecule has 0 aliphatic carbocycles. The molecular weight excluding hydrogens is 659 g/mol. The summed E-state index contributed by atoms with van der Waals surface area (Å²) < 4.78 is 9.04. The number of benzene rings is 3. The number of nitrogens with one attached hydrogen (secondary N) is 2. The van der Waals surface area contributed by atoms with Crippen LogP contribution in [0.3, 0.4) is 0 Å². The first-order valence-corrected chi connectivity index (χ1v) is 19.3. The molecule has 3 heterocycles. The Morgan fingerprint density at radius 3 is 2.24 bits per heavy atom. The molecular formula is C39H45N7O4Si. The fourth-order valence-electron chi connectivity index (χ4n) is 7.03. The van der Waals surface area contributed by atoms with Gasteiger partial charge in [0.2, 0.25) is 5.95 Å². The fraction of sp³-hybridized carbons (Fsp3) is 0.308. The van der Waals surface area contributed by atoms with Crippen molar-refractivity contribution in [3.63, 3.8) is 0 Å². The quantitative estimate of drug-likeness (QED) is 0.0928. The number of hydrogen-bond acceptors (Lipinski definition) is 8. The van der Waals surface area contributed by atoms with Crippen LogP contribution in [-0.4, -0.2) is 62.0 Å². The SMILES string of the molecule is CCCC(CCO[Si](c1ccccc1)(c1ccccc1)C(C)(C)C)Nc1nc(NC(=O)O)nc2cnn(Cc3ccc(CO)c4cccnc34)c12. The van der Waals surface area contributed by atoms with Crippen molar-refractivity contribution in [2.75, 3.05) is 17.2 Å². The number of aromatic nitrogens is 5. The second-order valence-electron chi connectivity index (χ2n) is 13.7. The average molecular weight is 704 g/mol. The Labute approximate surface area is 298 Å². The highest BCUT2D eigenvalue weighted by Gasteiger charge is 2.50. The van der Waals surface area contributed by atoms with Gasteiger partial charge in [0.15, 0.2) is 5.82 Å². The number of fused-ring (bicyclic) bond motifs is 2. The lowest BCUT2D eigenvalue weighted by molar-refractivity contribution is 0.209. The number of carboxylic acid groups (broad SMARTS) is 1. The molecule has 4 N–H and O–H groups in total. The summed E-state index contributed by atoms with van der Waals surface area (Å²) >= 11 is 0. The molecule has 1 amide bonds. The van der Waals surface area contributed by atoms with Crippen molar-refractivity contribution >= 4 is 58.5 Å². The van der Waals surface area contributed by atoms with E-state index in [-0.39, 0.29) is 23.6 Å². The van der Waals surface area contributed by atoms with Gasteiger partial charge in [0.1, 0.15) is 11.0 Å². The monoisotopic (exact) mass is 703 g/mol. The van der Waals surface area contributed by atoms with E-state index in [0.29, 0.717) is 36.4 Å². The van der Waals surface area contributed by atoms with Gasteiger partial charge in [-0.15, -0.1) is 0 Å². The summed E-state index contributed by atoms with van der Waals surface area (Å²) in [5.74, 6) is 0.449. The first-order chi connectivity index (χ1) is 24.6. The molecule has 0 bridgehead atoms. The van der Waals surface area contributed by atoms with E-state index in [2.05, 4.69) is 107 Å². The molecule has 0 radical (unpaired) electrons. The molecule has 0 aliphatic heterocycles. The Balaban J connectivity index is 1.34. The Morgan fingerprint density at radius 2 is 1.61 bits per heavy atom. The lowest BCUT2D eigenvalue weighted by Crippen LogP contribution is -2.66. The minimum absolute atomic E-state index is 0.0322. The molecule has 0 fully saturated rings. The molecule has 264 valence electrons. The Morgan fingerprint density at radius 1 is 0.922 bits per heavy atom. The first-order valence-electron chi connectivity index (χ1n) is 17.4. The van der Waals surface area contributed by atoms with Crippen molar-refractivity contribution < 1.29 is 19.4 Å². The number of anilines is 2. The smallest absolute Gasteiger partial charge is 0.411 e. The second-order valence-corrected chi connectivity index (χ2v) is 18.0. The highest BCUT2D eigenvalue weighted by molar-refractivity contribution is 6.99. The number of amides is 1. The number of pyridine rings is 1.